The highest BCUT2D eigenvalue weighted by atomic mass is 16.5. The van der Waals surface area contributed by atoms with Gasteiger partial charge in [-0.25, -0.2) is 0 Å². The lowest BCUT2D eigenvalue weighted by atomic mass is 9.85. The van der Waals surface area contributed by atoms with Gasteiger partial charge in [0.15, 0.2) is 0 Å². The molecule has 2 aliphatic rings. The average Bonchev–Trinajstić information content (AvgIpc) is 2.04. The minimum Gasteiger partial charge on any atom is -0.381 e. The molecule has 0 aliphatic carbocycles. The van der Waals surface area contributed by atoms with Crippen LogP contribution >= 0.6 is 0 Å². The third-order valence-corrected chi connectivity index (χ3v) is 2.90. The van der Waals surface area contributed by atoms with Crippen LogP contribution in [0, 0.1) is 5.92 Å². The minimum absolute atomic E-state index is 0.277. The van der Waals surface area contributed by atoms with E-state index < -0.39 is 0 Å². The molecule has 0 aromatic rings. The summed E-state index contributed by atoms with van der Waals surface area (Å²) in [7, 11) is 0. The van der Waals surface area contributed by atoms with Crippen molar-refractivity contribution in [2.24, 2.45) is 11.7 Å². The van der Waals surface area contributed by atoms with E-state index in [-0.39, 0.29) is 6.04 Å². The number of fused-ring (bicyclic) bond motifs is 1. The summed E-state index contributed by atoms with van der Waals surface area (Å²) in [5.74, 6) is 0.440. The third-order valence-electron chi connectivity index (χ3n) is 2.90. The molecule has 4 unspecified atom stereocenters. The fraction of sp³-hybridized carbons (Fsp3) is 1.00. The van der Waals surface area contributed by atoms with Gasteiger partial charge >= 0.3 is 0 Å². The second kappa shape index (κ2) is 3.32. The van der Waals surface area contributed by atoms with Crippen molar-refractivity contribution in [2.75, 3.05) is 13.2 Å². The minimum atomic E-state index is 0.277. The topological polar surface area (TPSA) is 44.5 Å². The molecule has 0 saturated carbocycles. The molecule has 2 saturated heterocycles. The van der Waals surface area contributed by atoms with Crippen molar-refractivity contribution < 1.29 is 9.47 Å². The van der Waals surface area contributed by atoms with Gasteiger partial charge in [-0.3, -0.25) is 0 Å². The summed E-state index contributed by atoms with van der Waals surface area (Å²) >= 11 is 0. The van der Waals surface area contributed by atoms with E-state index in [2.05, 4.69) is 6.92 Å². The molecule has 2 aliphatic heterocycles. The molecule has 0 aromatic carbocycles. The van der Waals surface area contributed by atoms with Gasteiger partial charge in [0.25, 0.3) is 0 Å². The monoisotopic (exact) mass is 171 g/mol. The number of nitrogens with two attached hydrogens (primary N) is 1. The summed E-state index contributed by atoms with van der Waals surface area (Å²) in [6.45, 7) is 3.73. The van der Waals surface area contributed by atoms with Crippen molar-refractivity contribution in [3.05, 3.63) is 0 Å². The van der Waals surface area contributed by atoms with E-state index in [1.807, 2.05) is 0 Å². The van der Waals surface area contributed by atoms with Crippen molar-refractivity contribution in [1.82, 2.24) is 0 Å². The molecule has 70 valence electrons. The highest BCUT2D eigenvalue weighted by Crippen LogP contribution is 2.29. The largest absolute Gasteiger partial charge is 0.381 e. The molecule has 4 atom stereocenters. The van der Waals surface area contributed by atoms with E-state index in [9.17, 15) is 0 Å². The smallest absolute Gasteiger partial charge is 0.0665 e. The van der Waals surface area contributed by atoms with Crippen molar-refractivity contribution >= 4 is 0 Å². The summed E-state index contributed by atoms with van der Waals surface area (Å²) in [5, 5.41) is 0. The van der Waals surface area contributed by atoms with E-state index in [1.54, 1.807) is 0 Å². The van der Waals surface area contributed by atoms with Crippen LogP contribution in [0.3, 0.4) is 0 Å². The van der Waals surface area contributed by atoms with Crippen LogP contribution in [0.25, 0.3) is 0 Å². The third kappa shape index (κ3) is 1.49. The summed E-state index contributed by atoms with van der Waals surface area (Å²) in [5.41, 5.74) is 6.02. The molecule has 2 fully saturated rings. The zero-order valence-corrected chi connectivity index (χ0v) is 7.53. The van der Waals surface area contributed by atoms with Crippen LogP contribution in [-0.4, -0.2) is 31.5 Å². The summed E-state index contributed by atoms with van der Waals surface area (Å²) < 4.78 is 11.2. The SMILES string of the molecule is CC1CC(N)C2COCCC2O1. The lowest BCUT2D eigenvalue weighted by Crippen LogP contribution is -2.51. The van der Waals surface area contributed by atoms with Crippen molar-refractivity contribution in [1.29, 1.82) is 0 Å². The average molecular weight is 171 g/mol. The van der Waals surface area contributed by atoms with Crippen LogP contribution in [0.1, 0.15) is 19.8 Å². The highest BCUT2D eigenvalue weighted by Gasteiger charge is 2.37. The van der Waals surface area contributed by atoms with Crippen LogP contribution in [0.2, 0.25) is 0 Å². The van der Waals surface area contributed by atoms with E-state index in [1.165, 1.54) is 0 Å². The molecule has 2 heterocycles. The molecule has 2 rings (SSSR count). The van der Waals surface area contributed by atoms with E-state index in [0.29, 0.717) is 18.1 Å². The Hall–Kier alpha value is -0.120. The number of hydrogen-bond acceptors (Lipinski definition) is 3. The maximum absolute atomic E-state index is 6.02. The Morgan fingerprint density at radius 2 is 2.25 bits per heavy atom. The van der Waals surface area contributed by atoms with E-state index >= 15 is 0 Å². The Morgan fingerprint density at radius 3 is 3.08 bits per heavy atom. The molecule has 0 spiro atoms. The standard InChI is InChI=1S/C9H17NO2/c1-6-4-8(10)7-5-11-3-2-9(7)12-6/h6-9H,2-5,10H2,1H3. The molecule has 0 amide bonds. The number of ether oxygens (including phenoxy) is 2. The first-order valence-corrected chi connectivity index (χ1v) is 4.76. The predicted molar refractivity (Wildman–Crippen MR) is 45.9 cm³/mol. The molecule has 3 nitrogen and oxygen atoms in total. The summed E-state index contributed by atoms with van der Waals surface area (Å²) in [6, 6.07) is 0.277. The van der Waals surface area contributed by atoms with Gasteiger partial charge in [-0.1, -0.05) is 0 Å². The van der Waals surface area contributed by atoms with Crippen LogP contribution in [-0.2, 0) is 9.47 Å². The van der Waals surface area contributed by atoms with Gasteiger partial charge in [-0.2, -0.15) is 0 Å². The zero-order chi connectivity index (χ0) is 8.55. The Bertz CT molecular complexity index is 163. The molecular formula is C9H17NO2. The summed E-state index contributed by atoms with van der Waals surface area (Å²) in [6.07, 6.45) is 2.68. The molecule has 2 N–H and O–H groups in total. The molecular weight excluding hydrogens is 154 g/mol. The van der Waals surface area contributed by atoms with Gasteiger partial charge < -0.3 is 15.2 Å². The van der Waals surface area contributed by atoms with Gasteiger partial charge in [0.2, 0.25) is 0 Å². The van der Waals surface area contributed by atoms with Gasteiger partial charge in [-0.05, 0) is 19.8 Å². The number of rotatable bonds is 0. The summed E-state index contributed by atoms with van der Waals surface area (Å²) in [4.78, 5) is 0. The van der Waals surface area contributed by atoms with E-state index in [4.69, 9.17) is 15.2 Å². The van der Waals surface area contributed by atoms with Crippen LogP contribution in [0.4, 0.5) is 0 Å². The first-order valence-electron chi connectivity index (χ1n) is 4.76. The Labute approximate surface area is 73.2 Å². The zero-order valence-electron chi connectivity index (χ0n) is 7.53. The van der Waals surface area contributed by atoms with Gasteiger partial charge in [-0.15, -0.1) is 0 Å². The molecule has 3 heteroatoms. The van der Waals surface area contributed by atoms with Crippen LogP contribution < -0.4 is 5.73 Å². The molecule has 0 aromatic heterocycles. The van der Waals surface area contributed by atoms with E-state index in [0.717, 1.165) is 26.1 Å². The molecule has 12 heavy (non-hydrogen) atoms. The molecule has 0 bridgehead atoms. The Balaban J connectivity index is 2.01. The fourth-order valence-corrected chi connectivity index (χ4v) is 2.22. The highest BCUT2D eigenvalue weighted by molar-refractivity contribution is 4.88. The van der Waals surface area contributed by atoms with Gasteiger partial charge in [0.1, 0.15) is 0 Å². The van der Waals surface area contributed by atoms with Crippen LogP contribution in [0.5, 0.6) is 0 Å². The van der Waals surface area contributed by atoms with Crippen molar-refractivity contribution in [3.63, 3.8) is 0 Å². The fourth-order valence-electron chi connectivity index (χ4n) is 2.22. The maximum Gasteiger partial charge on any atom is 0.0665 e. The quantitative estimate of drug-likeness (QED) is 0.578. The number of hydrogen-bond donors (Lipinski definition) is 1. The van der Waals surface area contributed by atoms with Crippen molar-refractivity contribution in [3.8, 4) is 0 Å². The normalized spacial score (nSPS) is 48.5. The van der Waals surface area contributed by atoms with Crippen molar-refractivity contribution in [2.45, 2.75) is 38.0 Å². The second-order valence-electron chi connectivity index (χ2n) is 3.91. The second-order valence-corrected chi connectivity index (χ2v) is 3.91. The van der Waals surface area contributed by atoms with Gasteiger partial charge in [0, 0.05) is 18.6 Å². The Morgan fingerprint density at radius 1 is 1.42 bits per heavy atom. The first-order chi connectivity index (χ1) is 5.77. The maximum atomic E-state index is 6.02. The first kappa shape index (κ1) is 8.48. The Kier molecular flexibility index (Phi) is 2.35. The molecule has 0 radical (unpaired) electrons. The van der Waals surface area contributed by atoms with Gasteiger partial charge in [0.05, 0.1) is 18.8 Å². The van der Waals surface area contributed by atoms with Crippen LogP contribution in [0.15, 0.2) is 0 Å². The lowest BCUT2D eigenvalue weighted by Gasteiger charge is -2.42. The predicted octanol–water partition coefficient (Wildman–Crippen LogP) is 0.528. The lowest BCUT2D eigenvalue weighted by molar-refractivity contribution is -0.138.